The minimum Gasteiger partial charge on any atom is -0.340 e. The van der Waals surface area contributed by atoms with E-state index < -0.39 is 0 Å². The first-order valence-corrected chi connectivity index (χ1v) is 6.25. The van der Waals surface area contributed by atoms with Crippen LogP contribution in [-0.2, 0) is 0 Å². The Labute approximate surface area is 112 Å². The van der Waals surface area contributed by atoms with E-state index in [-0.39, 0.29) is 0 Å². The second-order valence-electron chi connectivity index (χ2n) is 4.55. The number of nitrogens with zero attached hydrogens (tertiary/aromatic N) is 1. The van der Waals surface area contributed by atoms with Crippen LogP contribution in [0.15, 0.2) is 59.7 Å². The van der Waals surface area contributed by atoms with Crippen molar-refractivity contribution in [2.24, 2.45) is 5.10 Å². The van der Waals surface area contributed by atoms with Gasteiger partial charge in [-0.05, 0) is 24.6 Å². The van der Waals surface area contributed by atoms with Gasteiger partial charge in [0.05, 0.1) is 6.21 Å². The molecule has 0 aliphatic rings. The number of anilines is 1. The van der Waals surface area contributed by atoms with E-state index in [0.717, 1.165) is 16.9 Å². The third-order valence-electron chi connectivity index (χ3n) is 3.01. The SMILES string of the molecule is Cc1ccc(/C=N\Nc2cc3ccccc3[nH]2)cc1. The van der Waals surface area contributed by atoms with Gasteiger partial charge in [0, 0.05) is 10.9 Å². The van der Waals surface area contributed by atoms with Gasteiger partial charge in [-0.2, -0.15) is 5.10 Å². The summed E-state index contributed by atoms with van der Waals surface area (Å²) in [4.78, 5) is 3.27. The maximum atomic E-state index is 4.23. The molecule has 0 saturated heterocycles. The molecule has 1 aromatic heterocycles. The molecule has 0 amide bonds. The lowest BCUT2D eigenvalue weighted by atomic mass is 10.2. The maximum absolute atomic E-state index is 4.23. The summed E-state index contributed by atoms with van der Waals surface area (Å²) in [6.45, 7) is 2.07. The van der Waals surface area contributed by atoms with Crippen LogP contribution in [0.3, 0.4) is 0 Å². The van der Waals surface area contributed by atoms with Gasteiger partial charge in [-0.15, -0.1) is 0 Å². The summed E-state index contributed by atoms with van der Waals surface area (Å²) in [5.41, 5.74) is 6.45. The van der Waals surface area contributed by atoms with E-state index in [2.05, 4.69) is 40.6 Å². The number of aryl methyl sites for hydroxylation is 1. The normalized spacial score (nSPS) is 11.2. The number of benzene rings is 2. The topological polar surface area (TPSA) is 40.2 Å². The van der Waals surface area contributed by atoms with Crippen LogP contribution in [0, 0.1) is 6.92 Å². The van der Waals surface area contributed by atoms with Crippen molar-refractivity contribution in [2.45, 2.75) is 6.92 Å². The van der Waals surface area contributed by atoms with Crippen molar-refractivity contribution in [3.63, 3.8) is 0 Å². The number of H-pyrrole nitrogens is 1. The molecule has 1 heterocycles. The van der Waals surface area contributed by atoms with Gasteiger partial charge in [0.2, 0.25) is 0 Å². The molecule has 0 aliphatic carbocycles. The summed E-state index contributed by atoms with van der Waals surface area (Å²) in [5, 5.41) is 5.41. The fraction of sp³-hybridized carbons (Fsp3) is 0.0625. The number of fused-ring (bicyclic) bond motifs is 1. The fourth-order valence-corrected chi connectivity index (χ4v) is 1.96. The van der Waals surface area contributed by atoms with Crippen LogP contribution in [0.4, 0.5) is 5.82 Å². The number of hydrogen-bond donors (Lipinski definition) is 2. The smallest absolute Gasteiger partial charge is 0.124 e. The van der Waals surface area contributed by atoms with Gasteiger partial charge >= 0.3 is 0 Å². The molecule has 0 atom stereocenters. The van der Waals surface area contributed by atoms with Crippen LogP contribution in [-0.4, -0.2) is 11.2 Å². The molecule has 0 fully saturated rings. The van der Waals surface area contributed by atoms with E-state index in [1.807, 2.05) is 42.6 Å². The van der Waals surface area contributed by atoms with E-state index >= 15 is 0 Å². The average molecular weight is 249 g/mol. The van der Waals surface area contributed by atoms with Crippen molar-refractivity contribution >= 4 is 22.9 Å². The van der Waals surface area contributed by atoms with E-state index in [1.165, 1.54) is 10.9 Å². The summed E-state index contributed by atoms with van der Waals surface area (Å²) in [7, 11) is 0. The molecule has 0 radical (unpaired) electrons. The van der Waals surface area contributed by atoms with Crippen molar-refractivity contribution in [1.29, 1.82) is 0 Å². The summed E-state index contributed by atoms with van der Waals surface area (Å²) in [5.74, 6) is 0.893. The minimum absolute atomic E-state index is 0.893. The standard InChI is InChI=1S/C16H15N3/c1-12-6-8-13(9-7-12)11-17-19-16-10-14-4-2-3-5-15(14)18-16/h2-11,18-19H,1H3/b17-11-. The highest BCUT2D eigenvalue weighted by Crippen LogP contribution is 2.17. The monoisotopic (exact) mass is 249 g/mol. The third kappa shape index (κ3) is 2.65. The number of para-hydroxylation sites is 1. The molecule has 2 N–H and O–H groups in total. The summed E-state index contributed by atoms with van der Waals surface area (Å²) < 4.78 is 0. The first-order valence-electron chi connectivity index (χ1n) is 6.25. The van der Waals surface area contributed by atoms with Crippen molar-refractivity contribution in [3.05, 3.63) is 65.7 Å². The van der Waals surface area contributed by atoms with Gasteiger partial charge in [-0.1, -0.05) is 48.0 Å². The molecule has 3 rings (SSSR count). The maximum Gasteiger partial charge on any atom is 0.124 e. The van der Waals surface area contributed by atoms with Gasteiger partial charge in [0.1, 0.15) is 5.82 Å². The quantitative estimate of drug-likeness (QED) is 0.536. The predicted octanol–water partition coefficient (Wildman–Crippen LogP) is 3.92. The van der Waals surface area contributed by atoms with Crippen molar-refractivity contribution in [1.82, 2.24) is 4.98 Å². The molecule has 0 saturated carbocycles. The summed E-state index contributed by atoms with van der Waals surface area (Å²) in [6, 6.07) is 18.4. The number of aromatic amines is 1. The highest BCUT2D eigenvalue weighted by atomic mass is 15.3. The molecule has 0 unspecified atom stereocenters. The predicted molar refractivity (Wildman–Crippen MR) is 80.7 cm³/mol. The molecule has 3 heteroatoms. The van der Waals surface area contributed by atoms with Crippen LogP contribution in [0.25, 0.3) is 10.9 Å². The zero-order valence-electron chi connectivity index (χ0n) is 10.7. The molecule has 19 heavy (non-hydrogen) atoms. The molecule has 94 valence electrons. The zero-order chi connectivity index (χ0) is 13.1. The number of nitrogens with one attached hydrogen (secondary N) is 2. The molecule has 3 aromatic rings. The Bertz CT molecular complexity index is 675. The first kappa shape index (κ1) is 11.5. The van der Waals surface area contributed by atoms with Crippen LogP contribution in [0.2, 0.25) is 0 Å². The zero-order valence-corrected chi connectivity index (χ0v) is 10.7. The van der Waals surface area contributed by atoms with Crippen molar-refractivity contribution in [3.8, 4) is 0 Å². The highest BCUT2D eigenvalue weighted by molar-refractivity contribution is 5.84. The van der Waals surface area contributed by atoms with Crippen LogP contribution < -0.4 is 5.43 Å². The van der Waals surface area contributed by atoms with Gasteiger partial charge in [-0.3, -0.25) is 5.43 Å². The van der Waals surface area contributed by atoms with Crippen LogP contribution in [0.5, 0.6) is 0 Å². The molecular weight excluding hydrogens is 234 g/mol. The second kappa shape index (κ2) is 4.98. The van der Waals surface area contributed by atoms with E-state index in [9.17, 15) is 0 Å². The Balaban J connectivity index is 1.73. The Morgan fingerprint density at radius 3 is 2.63 bits per heavy atom. The van der Waals surface area contributed by atoms with Crippen LogP contribution >= 0.6 is 0 Å². The lowest BCUT2D eigenvalue weighted by molar-refractivity contribution is 1.29. The molecular formula is C16H15N3. The average Bonchev–Trinajstić information content (AvgIpc) is 2.83. The van der Waals surface area contributed by atoms with Crippen LogP contribution in [0.1, 0.15) is 11.1 Å². The lowest BCUT2D eigenvalue weighted by Crippen LogP contribution is -1.90. The molecule has 3 nitrogen and oxygen atoms in total. The highest BCUT2D eigenvalue weighted by Gasteiger charge is 1.97. The lowest BCUT2D eigenvalue weighted by Gasteiger charge is -1.96. The van der Waals surface area contributed by atoms with Gasteiger partial charge in [0.25, 0.3) is 0 Å². The van der Waals surface area contributed by atoms with Gasteiger partial charge in [0.15, 0.2) is 0 Å². The van der Waals surface area contributed by atoms with Gasteiger partial charge < -0.3 is 4.98 Å². The minimum atomic E-state index is 0.893. The molecule has 0 aliphatic heterocycles. The Hall–Kier alpha value is -2.55. The molecule has 0 spiro atoms. The number of hydrazone groups is 1. The Morgan fingerprint density at radius 2 is 1.84 bits per heavy atom. The number of hydrogen-bond acceptors (Lipinski definition) is 2. The third-order valence-corrected chi connectivity index (χ3v) is 3.01. The molecule has 2 aromatic carbocycles. The fourth-order valence-electron chi connectivity index (χ4n) is 1.96. The van der Waals surface area contributed by atoms with Gasteiger partial charge in [-0.25, -0.2) is 0 Å². The molecule has 0 bridgehead atoms. The first-order chi connectivity index (χ1) is 9.31. The number of aromatic nitrogens is 1. The van der Waals surface area contributed by atoms with Crippen molar-refractivity contribution < 1.29 is 0 Å². The largest absolute Gasteiger partial charge is 0.340 e. The van der Waals surface area contributed by atoms with E-state index in [0.29, 0.717) is 0 Å². The Kier molecular flexibility index (Phi) is 3.02. The summed E-state index contributed by atoms with van der Waals surface area (Å²) in [6.07, 6.45) is 1.81. The van der Waals surface area contributed by atoms with E-state index in [1.54, 1.807) is 0 Å². The van der Waals surface area contributed by atoms with Crippen molar-refractivity contribution in [2.75, 3.05) is 5.43 Å². The Morgan fingerprint density at radius 1 is 1.05 bits per heavy atom. The van der Waals surface area contributed by atoms with E-state index in [4.69, 9.17) is 0 Å². The summed E-state index contributed by atoms with van der Waals surface area (Å²) >= 11 is 0. The number of rotatable bonds is 3. The second-order valence-corrected chi connectivity index (χ2v) is 4.55.